The summed E-state index contributed by atoms with van der Waals surface area (Å²) in [6.45, 7) is 1.77. The number of hydrogen-bond acceptors (Lipinski definition) is 6. The van der Waals surface area contributed by atoms with Crippen molar-refractivity contribution in [1.82, 2.24) is 19.9 Å². The molecule has 8 nitrogen and oxygen atoms in total. The van der Waals surface area contributed by atoms with Gasteiger partial charge >= 0.3 is 5.97 Å². The summed E-state index contributed by atoms with van der Waals surface area (Å²) in [5.74, 6) is 0.0411. The van der Waals surface area contributed by atoms with Crippen LogP contribution in [-0.4, -0.2) is 39.6 Å². The molecule has 2 aromatic heterocycles. The van der Waals surface area contributed by atoms with Crippen LogP contribution < -0.4 is 5.32 Å². The first kappa shape index (κ1) is 30.3. The van der Waals surface area contributed by atoms with Gasteiger partial charge in [0.1, 0.15) is 17.3 Å². The van der Waals surface area contributed by atoms with Crippen LogP contribution in [0.5, 0.6) is 0 Å². The highest BCUT2D eigenvalue weighted by Crippen LogP contribution is 2.40. The van der Waals surface area contributed by atoms with Crippen molar-refractivity contribution in [1.29, 1.82) is 0 Å². The van der Waals surface area contributed by atoms with Gasteiger partial charge in [0.25, 0.3) is 0 Å². The maximum absolute atomic E-state index is 13.2. The minimum atomic E-state index is -0.957. The number of amides is 1. The number of aryl methyl sites for hydroxylation is 1. The lowest BCUT2D eigenvalue weighted by molar-refractivity contribution is -0.145. The van der Waals surface area contributed by atoms with Gasteiger partial charge in [0.05, 0.1) is 31.2 Å². The number of carbonyl (C=O) groups excluding carboxylic acids is 2. The molecule has 0 spiro atoms. The van der Waals surface area contributed by atoms with Gasteiger partial charge in [0.15, 0.2) is 0 Å². The van der Waals surface area contributed by atoms with Crippen LogP contribution in [0.1, 0.15) is 33.8 Å². The van der Waals surface area contributed by atoms with Crippen LogP contribution in [0.4, 0.5) is 0 Å². The van der Waals surface area contributed by atoms with E-state index in [2.05, 4.69) is 51.3 Å². The van der Waals surface area contributed by atoms with Gasteiger partial charge in [0, 0.05) is 18.2 Å². The summed E-state index contributed by atoms with van der Waals surface area (Å²) in [5.41, 5.74) is 4.33. The molecule has 6 aromatic rings. The smallest absolute Gasteiger partial charge is 0.328 e. The number of esters is 1. The van der Waals surface area contributed by atoms with Crippen LogP contribution in [0, 0.1) is 6.92 Å². The first-order chi connectivity index (χ1) is 22.5. The second-order valence-corrected chi connectivity index (χ2v) is 11.0. The van der Waals surface area contributed by atoms with Crippen molar-refractivity contribution < 1.29 is 18.7 Å². The third-order valence-corrected chi connectivity index (χ3v) is 8.07. The Morgan fingerprint density at radius 1 is 0.826 bits per heavy atom. The largest absolute Gasteiger partial charge is 0.467 e. The number of carbonyl (C=O) groups is 2. The van der Waals surface area contributed by atoms with E-state index in [0.29, 0.717) is 23.0 Å². The second kappa shape index (κ2) is 13.5. The van der Waals surface area contributed by atoms with Crippen molar-refractivity contribution >= 4 is 11.9 Å². The maximum atomic E-state index is 13.2. The lowest BCUT2D eigenvalue weighted by atomic mass is 9.77. The van der Waals surface area contributed by atoms with E-state index in [4.69, 9.17) is 14.1 Å². The van der Waals surface area contributed by atoms with E-state index in [-0.39, 0.29) is 18.7 Å². The molecule has 0 fully saturated rings. The molecule has 0 radical (unpaired) electrons. The molecule has 8 heteroatoms. The van der Waals surface area contributed by atoms with E-state index in [1.807, 2.05) is 91.1 Å². The van der Waals surface area contributed by atoms with Gasteiger partial charge in [-0.2, -0.15) is 0 Å². The molecule has 230 valence electrons. The minimum Gasteiger partial charge on any atom is -0.467 e. The molecule has 0 saturated carbocycles. The first-order valence-electron chi connectivity index (χ1n) is 15.1. The Bertz CT molecular complexity index is 1810. The summed E-state index contributed by atoms with van der Waals surface area (Å²) in [5, 5.41) is 2.84. The number of methoxy groups -OCH3 is 1. The number of benzene rings is 4. The Balaban J connectivity index is 1.30. The van der Waals surface area contributed by atoms with Gasteiger partial charge in [-0.25, -0.2) is 14.8 Å². The summed E-state index contributed by atoms with van der Waals surface area (Å²) < 4.78 is 13.0. The van der Waals surface area contributed by atoms with Crippen molar-refractivity contribution in [2.24, 2.45) is 0 Å². The van der Waals surface area contributed by atoms with E-state index in [1.165, 1.54) is 7.11 Å². The molecule has 0 bridgehead atoms. The number of imidazole rings is 1. The molecule has 1 N–H and O–H groups in total. The normalized spacial score (nSPS) is 12.0. The Labute approximate surface area is 267 Å². The summed E-state index contributed by atoms with van der Waals surface area (Å²) in [4.78, 5) is 35.4. The van der Waals surface area contributed by atoms with Crippen LogP contribution in [0.2, 0.25) is 0 Å². The van der Waals surface area contributed by atoms with Crippen LogP contribution in [-0.2, 0) is 32.7 Å². The quantitative estimate of drug-likeness (QED) is 0.140. The number of ether oxygens (including phenoxy) is 1. The molecule has 0 saturated heterocycles. The molecule has 0 aliphatic heterocycles. The van der Waals surface area contributed by atoms with Crippen molar-refractivity contribution in [2.45, 2.75) is 31.3 Å². The fourth-order valence-electron chi connectivity index (χ4n) is 5.88. The minimum absolute atomic E-state index is 0.0523. The molecular formula is C38H34N4O4. The molecule has 6 rings (SSSR count). The Hall–Kier alpha value is -5.76. The summed E-state index contributed by atoms with van der Waals surface area (Å²) in [6.07, 6.45) is 3.79. The Morgan fingerprint density at radius 2 is 1.35 bits per heavy atom. The van der Waals surface area contributed by atoms with Gasteiger partial charge in [-0.05, 0) is 35.7 Å². The molecular weight excluding hydrogens is 576 g/mol. The third-order valence-electron chi connectivity index (χ3n) is 8.07. The molecule has 2 heterocycles. The van der Waals surface area contributed by atoms with Crippen molar-refractivity contribution in [3.8, 4) is 11.5 Å². The zero-order chi connectivity index (χ0) is 31.9. The number of nitrogens with one attached hydrogen (secondary N) is 1. The molecule has 1 amide bonds. The van der Waals surface area contributed by atoms with Gasteiger partial charge in [-0.1, -0.05) is 109 Å². The van der Waals surface area contributed by atoms with Gasteiger partial charge in [0.2, 0.25) is 11.8 Å². The van der Waals surface area contributed by atoms with E-state index >= 15 is 0 Å². The number of aromatic nitrogens is 3. The lowest BCUT2D eigenvalue weighted by Crippen LogP contribution is -2.44. The van der Waals surface area contributed by atoms with Crippen molar-refractivity contribution in [3.05, 3.63) is 168 Å². The molecule has 46 heavy (non-hydrogen) atoms. The second-order valence-electron chi connectivity index (χ2n) is 11.0. The molecule has 0 aliphatic rings. The van der Waals surface area contributed by atoms with Crippen LogP contribution in [0.3, 0.4) is 0 Å². The number of nitrogens with zero attached hydrogens (tertiary/aromatic N) is 3. The standard InChI is InChI=1S/C38H34N4O4/c1-27-33(41-36(46-27)28-15-7-3-8-16-28)24-35(43)40-34(37(44)45-2)23-32-25-42(26-39-32)38(29-17-9-4-10-18-29,30-19-11-5-12-20-30)31-21-13-6-14-22-31/h3-22,25-26,34H,23-24H2,1-2H3,(H,40,43). The molecule has 1 unspecified atom stereocenters. The number of hydrogen-bond donors (Lipinski definition) is 1. The zero-order valence-electron chi connectivity index (χ0n) is 25.7. The van der Waals surface area contributed by atoms with E-state index in [9.17, 15) is 9.59 Å². The zero-order valence-corrected chi connectivity index (χ0v) is 25.7. The number of rotatable bonds is 11. The monoisotopic (exact) mass is 610 g/mol. The van der Waals surface area contributed by atoms with Crippen molar-refractivity contribution in [3.63, 3.8) is 0 Å². The van der Waals surface area contributed by atoms with Crippen LogP contribution >= 0.6 is 0 Å². The maximum Gasteiger partial charge on any atom is 0.328 e. The van der Waals surface area contributed by atoms with Crippen LogP contribution in [0.25, 0.3) is 11.5 Å². The Morgan fingerprint density at radius 3 is 1.87 bits per heavy atom. The predicted molar refractivity (Wildman–Crippen MR) is 175 cm³/mol. The van der Waals surface area contributed by atoms with Crippen molar-refractivity contribution in [2.75, 3.05) is 7.11 Å². The third kappa shape index (κ3) is 6.10. The van der Waals surface area contributed by atoms with E-state index in [0.717, 1.165) is 22.3 Å². The Kier molecular flexibility index (Phi) is 8.87. The van der Waals surface area contributed by atoms with Gasteiger partial charge in [-0.3, -0.25) is 4.79 Å². The average Bonchev–Trinajstić information content (AvgIpc) is 3.72. The highest BCUT2D eigenvalue weighted by atomic mass is 16.5. The highest BCUT2D eigenvalue weighted by Gasteiger charge is 2.38. The fourth-order valence-corrected chi connectivity index (χ4v) is 5.88. The average molecular weight is 611 g/mol. The molecule has 1 atom stereocenters. The summed E-state index contributed by atoms with van der Waals surface area (Å²) in [7, 11) is 1.30. The first-order valence-corrected chi connectivity index (χ1v) is 15.1. The van der Waals surface area contributed by atoms with Gasteiger partial charge < -0.3 is 19.0 Å². The highest BCUT2D eigenvalue weighted by molar-refractivity contribution is 5.85. The van der Waals surface area contributed by atoms with Crippen LogP contribution in [0.15, 0.2) is 138 Å². The molecule has 4 aromatic carbocycles. The van der Waals surface area contributed by atoms with E-state index < -0.39 is 17.6 Å². The molecule has 0 aliphatic carbocycles. The lowest BCUT2D eigenvalue weighted by Gasteiger charge is -2.37. The fraction of sp³-hybridized carbons (Fsp3) is 0.158. The summed E-state index contributed by atoms with van der Waals surface area (Å²) in [6, 6.07) is 39.3. The number of oxazole rings is 1. The summed E-state index contributed by atoms with van der Waals surface area (Å²) >= 11 is 0. The SMILES string of the molecule is COC(=O)C(Cc1cn(C(c2ccccc2)(c2ccccc2)c2ccccc2)cn1)NC(=O)Cc1nc(-c2ccccc2)oc1C. The topological polar surface area (TPSA) is 99.2 Å². The van der Waals surface area contributed by atoms with Gasteiger partial charge in [-0.15, -0.1) is 0 Å². The van der Waals surface area contributed by atoms with E-state index in [1.54, 1.807) is 13.3 Å². The predicted octanol–water partition coefficient (Wildman–Crippen LogP) is 6.13.